The third-order valence-corrected chi connectivity index (χ3v) is 2.00. The van der Waals surface area contributed by atoms with Crippen LogP contribution in [0.3, 0.4) is 0 Å². The molecule has 14 heavy (non-hydrogen) atoms. The predicted molar refractivity (Wildman–Crippen MR) is 55.5 cm³/mol. The first-order valence-electron chi connectivity index (χ1n) is 4.72. The minimum atomic E-state index is -0.288. The quantitative estimate of drug-likeness (QED) is 0.682. The number of aryl methyl sites for hydroxylation is 1. The molecule has 0 N–H and O–H groups in total. The van der Waals surface area contributed by atoms with Gasteiger partial charge in [-0.3, -0.25) is 5.32 Å². The highest BCUT2D eigenvalue weighted by atomic mass is 16.1. The smallest absolute Gasteiger partial charge is 0.148 e. The third kappa shape index (κ3) is 2.83. The maximum atomic E-state index is 10.7. The molecule has 1 aromatic rings. The standard InChI is InChI=1S/C11H15N2O/c1-8(2)10(7-14)13-11-6-9(3)4-5-12-11/h4-8,10H,1-3H3. The first-order chi connectivity index (χ1) is 6.63. The molecule has 0 aliphatic carbocycles. The van der Waals surface area contributed by atoms with Crippen LogP contribution in [0.4, 0.5) is 5.82 Å². The van der Waals surface area contributed by atoms with E-state index in [1.54, 1.807) is 6.20 Å². The van der Waals surface area contributed by atoms with Crippen LogP contribution in [0.1, 0.15) is 19.4 Å². The third-order valence-electron chi connectivity index (χ3n) is 2.00. The second-order valence-electron chi connectivity index (χ2n) is 3.69. The van der Waals surface area contributed by atoms with Crippen molar-refractivity contribution in [3.05, 3.63) is 23.9 Å². The van der Waals surface area contributed by atoms with Crippen LogP contribution in [0.25, 0.3) is 0 Å². The highest BCUT2D eigenvalue weighted by Crippen LogP contribution is 2.10. The van der Waals surface area contributed by atoms with Gasteiger partial charge in [0, 0.05) is 6.20 Å². The SMILES string of the molecule is Cc1ccnc([N]C(C=O)C(C)C)c1. The predicted octanol–water partition coefficient (Wildman–Crippen LogP) is 1.85. The van der Waals surface area contributed by atoms with Gasteiger partial charge in [0.25, 0.3) is 0 Å². The number of aromatic nitrogens is 1. The summed E-state index contributed by atoms with van der Waals surface area (Å²) in [5.41, 5.74) is 1.10. The van der Waals surface area contributed by atoms with E-state index in [0.717, 1.165) is 11.8 Å². The highest BCUT2D eigenvalue weighted by molar-refractivity contribution is 5.59. The largest absolute Gasteiger partial charge is 0.301 e. The molecule has 1 rings (SSSR count). The molecule has 0 spiro atoms. The lowest BCUT2D eigenvalue weighted by Gasteiger charge is -2.13. The Balaban J connectivity index is 2.72. The van der Waals surface area contributed by atoms with Gasteiger partial charge in [0.1, 0.15) is 18.1 Å². The molecule has 75 valence electrons. The van der Waals surface area contributed by atoms with E-state index < -0.39 is 0 Å². The zero-order valence-electron chi connectivity index (χ0n) is 8.77. The number of hydrogen-bond acceptors (Lipinski definition) is 2. The number of aldehydes is 1. The molecule has 1 unspecified atom stereocenters. The van der Waals surface area contributed by atoms with E-state index in [4.69, 9.17) is 0 Å². The van der Waals surface area contributed by atoms with Crippen molar-refractivity contribution in [1.82, 2.24) is 10.3 Å². The van der Waals surface area contributed by atoms with Gasteiger partial charge in [-0.2, -0.15) is 0 Å². The Morgan fingerprint density at radius 1 is 1.50 bits per heavy atom. The van der Waals surface area contributed by atoms with Gasteiger partial charge in [-0.1, -0.05) is 13.8 Å². The molecule has 0 aliphatic rings. The molecule has 0 aromatic carbocycles. The molecule has 0 amide bonds. The number of rotatable bonds is 4. The Morgan fingerprint density at radius 2 is 2.21 bits per heavy atom. The fourth-order valence-corrected chi connectivity index (χ4v) is 1.08. The summed E-state index contributed by atoms with van der Waals surface area (Å²) in [5.74, 6) is 0.852. The van der Waals surface area contributed by atoms with Gasteiger partial charge in [0.05, 0.1) is 0 Å². The maximum absolute atomic E-state index is 10.7. The maximum Gasteiger partial charge on any atom is 0.148 e. The molecule has 0 fully saturated rings. The monoisotopic (exact) mass is 191 g/mol. The van der Waals surface area contributed by atoms with E-state index in [1.165, 1.54) is 0 Å². The van der Waals surface area contributed by atoms with Crippen LogP contribution in [0.2, 0.25) is 0 Å². The summed E-state index contributed by atoms with van der Waals surface area (Å²) < 4.78 is 0. The summed E-state index contributed by atoms with van der Waals surface area (Å²) in [6, 6.07) is 3.49. The number of carbonyl (C=O) groups is 1. The van der Waals surface area contributed by atoms with Crippen LogP contribution in [-0.4, -0.2) is 17.3 Å². The first-order valence-corrected chi connectivity index (χ1v) is 4.72. The van der Waals surface area contributed by atoms with Crippen molar-refractivity contribution in [2.24, 2.45) is 5.92 Å². The van der Waals surface area contributed by atoms with Crippen molar-refractivity contribution in [3.8, 4) is 0 Å². The molecule has 1 aromatic heterocycles. The van der Waals surface area contributed by atoms with E-state index in [9.17, 15) is 4.79 Å². The van der Waals surface area contributed by atoms with Crippen LogP contribution in [0.15, 0.2) is 18.3 Å². The Kier molecular flexibility index (Phi) is 3.63. The summed E-state index contributed by atoms with van der Waals surface area (Å²) in [4.78, 5) is 14.8. The Morgan fingerprint density at radius 3 is 2.71 bits per heavy atom. The van der Waals surface area contributed by atoms with E-state index in [0.29, 0.717) is 5.82 Å². The van der Waals surface area contributed by atoms with Crippen molar-refractivity contribution >= 4 is 12.1 Å². The lowest BCUT2D eigenvalue weighted by Crippen LogP contribution is -2.26. The number of hydrogen-bond donors (Lipinski definition) is 0. The van der Waals surface area contributed by atoms with Gasteiger partial charge in [0.15, 0.2) is 0 Å². The van der Waals surface area contributed by atoms with Gasteiger partial charge < -0.3 is 4.79 Å². The Labute approximate surface area is 84.6 Å². The molecule has 0 aliphatic heterocycles. The topological polar surface area (TPSA) is 44.1 Å². The molecule has 1 radical (unpaired) electrons. The lowest BCUT2D eigenvalue weighted by atomic mass is 10.1. The average Bonchev–Trinajstić information content (AvgIpc) is 2.14. The minimum Gasteiger partial charge on any atom is -0.301 e. The van der Waals surface area contributed by atoms with Gasteiger partial charge >= 0.3 is 0 Å². The number of carbonyl (C=O) groups excluding carboxylic acids is 1. The molecular weight excluding hydrogens is 176 g/mol. The molecule has 1 heterocycles. The van der Waals surface area contributed by atoms with Gasteiger partial charge in [0.2, 0.25) is 0 Å². The fourth-order valence-electron chi connectivity index (χ4n) is 1.08. The van der Waals surface area contributed by atoms with Gasteiger partial charge in [-0.25, -0.2) is 4.98 Å². The lowest BCUT2D eigenvalue weighted by molar-refractivity contribution is -0.110. The highest BCUT2D eigenvalue weighted by Gasteiger charge is 2.13. The summed E-state index contributed by atoms with van der Waals surface area (Å²) in [7, 11) is 0. The Bertz CT molecular complexity index is 310. The Hall–Kier alpha value is -1.38. The average molecular weight is 191 g/mol. The van der Waals surface area contributed by atoms with Crippen molar-refractivity contribution in [1.29, 1.82) is 0 Å². The zero-order chi connectivity index (χ0) is 10.6. The van der Waals surface area contributed by atoms with Crippen LogP contribution in [-0.2, 0) is 4.79 Å². The van der Waals surface area contributed by atoms with Crippen LogP contribution >= 0.6 is 0 Å². The molecule has 0 saturated carbocycles. The summed E-state index contributed by atoms with van der Waals surface area (Å²) in [6.45, 7) is 5.92. The van der Waals surface area contributed by atoms with Crippen molar-refractivity contribution in [3.63, 3.8) is 0 Å². The molecular formula is C11H15N2O. The van der Waals surface area contributed by atoms with E-state index in [2.05, 4.69) is 10.3 Å². The van der Waals surface area contributed by atoms with E-state index in [1.807, 2.05) is 32.9 Å². The second-order valence-corrected chi connectivity index (χ2v) is 3.69. The number of nitrogens with zero attached hydrogens (tertiary/aromatic N) is 2. The van der Waals surface area contributed by atoms with E-state index >= 15 is 0 Å². The second kappa shape index (κ2) is 4.74. The summed E-state index contributed by atoms with van der Waals surface area (Å²) >= 11 is 0. The zero-order valence-corrected chi connectivity index (χ0v) is 8.77. The summed E-state index contributed by atoms with van der Waals surface area (Å²) in [6.07, 6.45) is 2.57. The van der Waals surface area contributed by atoms with Crippen molar-refractivity contribution in [2.45, 2.75) is 26.8 Å². The minimum absolute atomic E-state index is 0.217. The molecule has 3 heteroatoms. The number of pyridine rings is 1. The van der Waals surface area contributed by atoms with Crippen molar-refractivity contribution in [2.75, 3.05) is 0 Å². The van der Waals surface area contributed by atoms with Gasteiger partial charge in [-0.05, 0) is 30.5 Å². The van der Waals surface area contributed by atoms with Crippen LogP contribution in [0.5, 0.6) is 0 Å². The molecule has 3 nitrogen and oxygen atoms in total. The summed E-state index contributed by atoms with van der Waals surface area (Å²) in [5, 5.41) is 4.26. The molecule has 0 bridgehead atoms. The van der Waals surface area contributed by atoms with Gasteiger partial charge in [-0.15, -0.1) is 0 Å². The van der Waals surface area contributed by atoms with Crippen molar-refractivity contribution < 1.29 is 4.79 Å². The first kappa shape index (κ1) is 10.7. The normalized spacial score (nSPS) is 12.6. The van der Waals surface area contributed by atoms with E-state index in [-0.39, 0.29) is 12.0 Å². The van der Waals surface area contributed by atoms with Crippen LogP contribution < -0.4 is 5.32 Å². The van der Waals surface area contributed by atoms with Crippen LogP contribution in [0, 0.1) is 12.8 Å². The molecule has 1 atom stereocenters. The molecule has 0 saturated heterocycles. The fraction of sp³-hybridized carbons (Fsp3) is 0.455.